The van der Waals surface area contributed by atoms with Gasteiger partial charge in [0, 0.05) is 17.2 Å². The molecule has 35 heavy (non-hydrogen) atoms. The minimum absolute atomic E-state index is 0.0305. The number of aromatic nitrogens is 3. The SMILES string of the molecule is Cc1nccc(-c2sc(C(C)(C)C)nc2-c2cccc(NS(=O)(=O)c3cc(F)ccc3F)c2F)n1. The highest BCUT2D eigenvalue weighted by atomic mass is 32.2. The van der Waals surface area contributed by atoms with Crippen LogP contribution in [-0.2, 0) is 15.4 Å². The molecule has 0 atom stereocenters. The predicted molar refractivity (Wildman–Crippen MR) is 129 cm³/mol. The first-order valence-corrected chi connectivity index (χ1v) is 12.7. The first kappa shape index (κ1) is 24.8. The quantitative estimate of drug-likeness (QED) is 0.346. The van der Waals surface area contributed by atoms with Crippen molar-refractivity contribution in [3.63, 3.8) is 0 Å². The smallest absolute Gasteiger partial charge is 0.265 e. The third kappa shape index (κ3) is 5.06. The molecule has 2 aromatic carbocycles. The van der Waals surface area contributed by atoms with Crippen LogP contribution in [-0.4, -0.2) is 23.4 Å². The molecule has 0 aliphatic heterocycles. The maximum absolute atomic E-state index is 15.7. The average Bonchev–Trinajstić information content (AvgIpc) is 3.22. The molecule has 0 spiro atoms. The lowest BCUT2D eigenvalue weighted by molar-refractivity contribution is 0.555. The van der Waals surface area contributed by atoms with Crippen molar-refractivity contribution in [3.05, 3.63) is 76.9 Å². The van der Waals surface area contributed by atoms with Gasteiger partial charge in [-0.15, -0.1) is 11.3 Å². The lowest BCUT2D eigenvalue weighted by atomic mass is 9.98. The number of nitrogens with one attached hydrogen (secondary N) is 1. The van der Waals surface area contributed by atoms with Crippen molar-refractivity contribution >= 4 is 27.0 Å². The topological polar surface area (TPSA) is 84.8 Å². The third-order valence-electron chi connectivity index (χ3n) is 4.96. The van der Waals surface area contributed by atoms with E-state index in [0.29, 0.717) is 28.5 Å². The second-order valence-corrected chi connectivity index (χ2v) is 11.4. The Morgan fingerprint density at radius 3 is 2.43 bits per heavy atom. The van der Waals surface area contributed by atoms with Crippen molar-refractivity contribution < 1.29 is 21.6 Å². The summed E-state index contributed by atoms with van der Waals surface area (Å²) in [5, 5.41) is 0.728. The number of anilines is 1. The van der Waals surface area contributed by atoms with Gasteiger partial charge in [0.15, 0.2) is 5.82 Å². The average molecular weight is 519 g/mol. The van der Waals surface area contributed by atoms with E-state index < -0.39 is 38.1 Å². The summed E-state index contributed by atoms with van der Waals surface area (Å²) in [4.78, 5) is 12.9. The van der Waals surface area contributed by atoms with Gasteiger partial charge in [0.1, 0.15) is 22.4 Å². The number of rotatable bonds is 5. The highest BCUT2D eigenvalue weighted by molar-refractivity contribution is 7.92. The lowest BCUT2D eigenvalue weighted by Gasteiger charge is -2.14. The molecule has 0 fully saturated rings. The van der Waals surface area contributed by atoms with Crippen LogP contribution in [0.1, 0.15) is 31.6 Å². The lowest BCUT2D eigenvalue weighted by Crippen LogP contribution is -2.16. The summed E-state index contributed by atoms with van der Waals surface area (Å²) in [5.74, 6) is -2.49. The second-order valence-electron chi connectivity index (χ2n) is 8.78. The number of benzene rings is 2. The summed E-state index contributed by atoms with van der Waals surface area (Å²) in [5.41, 5.74) is 0.0927. The largest absolute Gasteiger partial charge is 0.277 e. The van der Waals surface area contributed by atoms with Crippen LogP contribution in [0.3, 0.4) is 0 Å². The van der Waals surface area contributed by atoms with E-state index in [2.05, 4.69) is 15.0 Å². The number of hydrogen-bond acceptors (Lipinski definition) is 6. The number of nitrogens with zero attached hydrogens (tertiary/aromatic N) is 3. The predicted octanol–water partition coefficient (Wildman–Crippen LogP) is 6.09. The summed E-state index contributed by atoms with van der Waals surface area (Å²) < 4.78 is 70.8. The molecule has 11 heteroatoms. The van der Waals surface area contributed by atoms with E-state index in [4.69, 9.17) is 0 Å². The van der Waals surface area contributed by atoms with E-state index in [0.717, 1.165) is 11.1 Å². The number of aryl methyl sites for hydroxylation is 1. The van der Waals surface area contributed by atoms with E-state index in [1.165, 1.54) is 29.5 Å². The van der Waals surface area contributed by atoms with Crippen molar-refractivity contribution in [2.45, 2.75) is 38.0 Å². The van der Waals surface area contributed by atoms with Gasteiger partial charge >= 0.3 is 0 Å². The van der Waals surface area contributed by atoms with E-state index in [1.807, 2.05) is 25.5 Å². The van der Waals surface area contributed by atoms with E-state index in [-0.39, 0.29) is 16.7 Å². The van der Waals surface area contributed by atoms with E-state index in [9.17, 15) is 17.2 Å². The molecule has 1 N–H and O–H groups in total. The molecule has 0 aliphatic carbocycles. The third-order valence-corrected chi connectivity index (χ3v) is 7.84. The van der Waals surface area contributed by atoms with Crippen LogP contribution in [0.25, 0.3) is 21.8 Å². The van der Waals surface area contributed by atoms with Gasteiger partial charge in [-0.1, -0.05) is 26.8 Å². The highest BCUT2D eigenvalue weighted by Gasteiger charge is 2.27. The maximum Gasteiger partial charge on any atom is 0.265 e. The molecule has 0 radical (unpaired) electrons. The van der Waals surface area contributed by atoms with Gasteiger partial charge in [-0.05, 0) is 43.3 Å². The van der Waals surface area contributed by atoms with Gasteiger partial charge in [0.05, 0.1) is 27.0 Å². The standard InChI is InChI=1S/C24H21F3N4O2S2/c1-13-28-11-10-18(29-13)22-21(30-23(34-22)24(2,3)4)15-6-5-7-17(20(15)27)31-35(32,33)19-12-14(25)8-9-16(19)26/h5-12,31H,1-4H3. The summed E-state index contributed by atoms with van der Waals surface area (Å²) in [7, 11) is -4.62. The van der Waals surface area contributed by atoms with Crippen molar-refractivity contribution in [2.24, 2.45) is 0 Å². The minimum Gasteiger partial charge on any atom is -0.277 e. The zero-order valence-corrected chi connectivity index (χ0v) is 20.9. The molecule has 2 aromatic heterocycles. The minimum atomic E-state index is -4.62. The van der Waals surface area contributed by atoms with Crippen LogP contribution in [0.5, 0.6) is 0 Å². The number of hydrogen-bond donors (Lipinski definition) is 1. The molecule has 0 unspecified atom stereocenters. The second kappa shape index (κ2) is 9.04. The zero-order chi connectivity index (χ0) is 25.5. The Bertz CT molecular complexity index is 1530. The normalized spacial score (nSPS) is 12.1. The molecular formula is C24H21F3N4O2S2. The summed E-state index contributed by atoms with van der Waals surface area (Å²) >= 11 is 1.35. The van der Waals surface area contributed by atoms with Gasteiger partial charge in [0.2, 0.25) is 0 Å². The first-order valence-electron chi connectivity index (χ1n) is 10.4. The van der Waals surface area contributed by atoms with Gasteiger partial charge in [-0.2, -0.15) is 0 Å². The molecule has 0 saturated carbocycles. The first-order chi connectivity index (χ1) is 16.4. The monoisotopic (exact) mass is 518 g/mol. The molecule has 6 nitrogen and oxygen atoms in total. The molecular weight excluding hydrogens is 497 g/mol. The van der Waals surface area contributed by atoms with Gasteiger partial charge in [-0.25, -0.2) is 36.5 Å². The van der Waals surface area contributed by atoms with Crippen molar-refractivity contribution in [1.82, 2.24) is 15.0 Å². The molecule has 4 rings (SSSR count). The van der Waals surface area contributed by atoms with Crippen molar-refractivity contribution in [3.8, 4) is 21.8 Å². The van der Waals surface area contributed by atoms with Crippen molar-refractivity contribution in [1.29, 1.82) is 0 Å². The van der Waals surface area contributed by atoms with Gasteiger partial charge < -0.3 is 0 Å². The fraction of sp³-hybridized carbons (Fsp3) is 0.208. The summed E-state index contributed by atoms with van der Waals surface area (Å²) in [6.45, 7) is 7.65. The molecule has 0 bridgehead atoms. The fourth-order valence-corrected chi connectivity index (χ4v) is 5.51. The molecule has 0 amide bonds. The Balaban J connectivity index is 1.84. The Morgan fingerprint density at radius 2 is 1.74 bits per heavy atom. The zero-order valence-electron chi connectivity index (χ0n) is 19.2. The highest BCUT2D eigenvalue weighted by Crippen LogP contribution is 2.41. The van der Waals surface area contributed by atoms with Crippen LogP contribution in [0, 0.1) is 24.4 Å². The van der Waals surface area contributed by atoms with Crippen LogP contribution >= 0.6 is 11.3 Å². The van der Waals surface area contributed by atoms with Crippen LogP contribution < -0.4 is 4.72 Å². The maximum atomic E-state index is 15.7. The number of halogens is 3. The van der Waals surface area contributed by atoms with Crippen molar-refractivity contribution in [2.75, 3.05) is 4.72 Å². The van der Waals surface area contributed by atoms with Gasteiger partial charge in [-0.3, -0.25) is 4.72 Å². The van der Waals surface area contributed by atoms with Gasteiger partial charge in [0.25, 0.3) is 10.0 Å². The molecule has 4 aromatic rings. The molecule has 182 valence electrons. The Kier molecular flexibility index (Phi) is 6.41. The van der Waals surface area contributed by atoms with Crippen LogP contribution in [0.15, 0.2) is 53.6 Å². The molecule has 0 aliphatic rings. The Morgan fingerprint density at radius 1 is 1.00 bits per heavy atom. The van der Waals surface area contributed by atoms with E-state index in [1.54, 1.807) is 19.2 Å². The molecule has 2 heterocycles. The number of thiazole rings is 1. The van der Waals surface area contributed by atoms with E-state index >= 15 is 4.39 Å². The summed E-state index contributed by atoms with van der Waals surface area (Å²) in [6, 6.07) is 7.81. The number of sulfonamides is 1. The summed E-state index contributed by atoms with van der Waals surface area (Å²) in [6.07, 6.45) is 1.59. The fourth-order valence-electron chi connectivity index (χ4n) is 3.26. The molecule has 0 saturated heterocycles. The van der Waals surface area contributed by atoms with Crippen LogP contribution in [0.4, 0.5) is 18.9 Å². The van der Waals surface area contributed by atoms with Crippen LogP contribution in [0.2, 0.25) is 0 Å². The Labute approximate surface area is 205 Å². The Hall–Kier alpha value is -3.31.